The summed E-state index contributed by atoms with van der Waals surface area (Å²) in [7, 11) is 0. The van der Waals surface area contributed by atoms with Crippen molar-refractivity contribution in [2.75, 3.05) is 6.54 Å². The lowest BCUT2D eigenvalue weighted by Crippen LogP contribution is -2.13. The van der Waals surface area contributed by atoms with Crippen LogP contribution in [0.5, 0.6) is 0 Å². The third-order valence-electron chi connectivity index (χ3n) is 1.79. The van der Waals surface area contributed by atoms with Crippen LogP contribution in [0.4, 0.5) is 0 Å². The van der Waals surface area contributed by atoms with Crippen molar-refractivity contribution in [3.05, 3.63) is 0 Å². The maximum Gasteiger partial charge on any atom is 0.0935 e. The second-order valence-electron chi connectivity index (χ2n) is 2.72. The summed E-state index contributed by atoms with van der Waals surface area (Å²) in [6, 6.07) is 0. The standard InChI is InChI=1S/C7H14N2.ClH/c1-2-3-6-4-7(8)9-5-6;/h6H,2-5H2,1H3,(H2,8,9);1H. The van der Waals surface area contributed by atoms with E-state index in [4.69, 9.17) is 5.41 Å². The first-order chi connectivity index (χ1) is 4.33. The van der Waals surface area contributed by atoms with Gasteiger partial charge in [-0.05, 0) is 12.3 Å². The Morgan fingerprint density at radius 1 is 1.70 bits per heavy atom. The van der Waals surface area contributed by atoms with Crippen molar-refractivity contribution in [1.82, 2.24) is 5.32 Å². The molecule has 1 rings (SSSR count). The highest BCUT2D eigenvalue weighted by Crippen LogP contribution is 2.14. The van der Waals surface area contributed by atoms with Gasteiger partial charge in [-0.15, -0.1) is 12.4 Å². The Bertz CT molecular complexity index is 114. The van der Waals surface area contributed by atoms with Crippen molar-refractivity contribution in [1.29, 1.82) is 5.41 Å². The average molecular weight is 163 g/mol. The Kier molecular flexibility index (Phi) is 4.45. The lowest BCUT2D eigenvalue weighted by Gasteiger charge is -2.01. The lowest BCUT2D eigenvalue weighted by atomic mass is 10.0. The quantitative estimate of drug-likeness (QED) is 0.638. The summed E-state index contributed by atoms with van der Waals surface area (Å²) in [6.07, 6.45) is 3.50. The molecule has 0 bridgehead atoms. The molecule has 2 nitrogen and oxygen atoms in total. The maximum absolute atomic E-state index is 7.25. The Morgan fingerprint density at radius 2 is 2.40 bits per heavy atom. The molecule has 1 saturated heterocycles. The van der Waals surface area contributed by atoms with Crippen LogP contribution in [-0.4, -0.2) is 12.4 Å². The van der Waals surface area contributed by atoms with Crippen LogP contribution in [-0.2, 0) is 0 Å². The molecule has 0 saturated carbocycles. The number of halogens is 1. The molecule has 1 atom stereocenters. The molecule has 0 aromatic carbocycles. The Labute approximate surface area is 68.3 Å². The van der Waals surface area contributed by atoms with E-state index in [0.717, 1.165) is 24.7 Å². The van der Waals surface area contributed by atoms with Crippen molar-refractivity contribution < 1.29 is 0 Å². The summed E-state index contributed by atoms with van der Waals surface area (Å²) >= 11 is 0. The average Bonchev–Trinajstić information content (AvgIpc) is 2.17. The topological polar surface area (TPSA) is 35.9 Å². The molecule has 1 unspecified atom stereocenters. The van der Waals surface area contributed by atoms with Crippen molar-refractivity contribution in [2.45, 2.75) is 26.2 Å². The van der Waals surface area contributed by atoms with Crippen molar-refractivity contribution >= 4 is 18.2 Å². The maximum atomic E-state index is 7.25. The lowest BCUT2D eigenvalue weighted by molar-refractivity contribution is 0.529. The third kappa shape index (κ3) is 2.56. The van der Waals surface area contributed by atoms with Crippen LogP contribution in [0.2, 0.25) is 0 Å². The molecule has 3 heteroatoms. The molecule has 10 heavy (non-hydrogen) atoms. The summed E-state index contributed by atoms with van der Waals surface area (Å²) in [5, 5.41) is 10.3. The monoisotopic (exact) mass is 162 g/mol. The first-order valence-electron chi connectivity index (χ1n) is 3.64. The number of amidine groups is 1. The number of rotatable bonds is 2. The number of hydrogen-bond donors (Lipinski definition) is 2. The first-order valence-corrected chi connectivity index (χ1v) is 3.64. The molecule has 1 heterocycles. The van der Waals surface area contributed by atoms with Gasteiger partial charge in [-0.2, -0.15) is 0 Å². The normalized spacial score (nSPS) is 23.7. The van der Waals surface area contributed by atoms with E-state index in [-0.39, 0.29) is 12.4 Å². The van der Waals surface area contributed by atoms with Crippen molar-refractivity contribution in [3.63, 3.8) is 0 Å². The van der Waals surface area contributed by atoms with Gasteiger partial charge in [-0.1, -0.05) is 13.3 Å². The van der Waals surface area contributed by atoms with Crippen LogP contribution in [0.3, 0.4) is 0 Å². The van der Waals surface area contributed by atoms with Crippen LogP contribution in [0.15, 0.2) is 0 Å². The van der Waals surface area contributed by atoms with Crippen LogP contribution in [0, 0.1) is 11.3 Å². The molecule has 60 valence electrons. The summed E-state index contributed by atoms with van der Waals surface area (Å²) in [5.74, 6) is 1.48. The Morgan fingerprint density at radius 3 is 2.80 bits per heavy atom. The van der Waals surface area contributed by atoms with Crippen LogP contribution in [0.25, 0.3) is 0 Å². The highest BCUT2D eigenvalue weighted by atomic mass is 35.5. The zero-order valence-electron chi connectivity index (χ0n) is 6.31. The van der Waals surface area contributed by atoms with Gasteiger partial charge in [0.2, 0.25) is 0 Å². The second kappa shape index (κ2) is 4.56. The van der Waals surface area contributed by atoms with E-state index in [9.17, 15) is 0 Å². The van der Waals surface area contributed by atoms with E-state index in [1.807, 2.05) is 0 Å². The molecule has 1 aliphatic heterocycles. The van der Waals surface area contributed by atoms with Gasteiger partial charge in [0.25, 0.3) is 0 Å². The number of hydrogen-bond acceptors (Lipinski definition) is 1. The molecule has 0 radical (unpaired) electrons. The van der Waals surface area contributed by atoms with Gasteiger partial charge in [0.15, 0.2) is 0 Å². The van der Waals surface area contributed by atoms with Gasteiger partial charge < -0.3 is 5.32 Å². The molecule has 0 spiro atoms. The molecule has 2 N–H and O–H groups in total. The summed E-state index contributed by atoms with van der Waals surface area (Å²) in [6.45, 7) is 3.23. The predicted octanol–water partition coefficient (Wildman–Crippen LogP) is 1.80. The molecular formula is C7H15ClN2. The van der Waals surface area contributed by atoms with Crippen LogP contribution >= 0.6 is 12.4 Å². The Balaban J connectivity index is 0.000000810. The van der Waals surface area contributed by atoms with E-state index in [1.165, 1.54) is 12.8 Å². The molecule has 0 aliphatic carbocycles. The zero-order valence-corrected chi connectivity index (χ0v) is 7.13. The fraction of sp³-hybridized carbons (Fsp3) is 0.857. The number of nitrogens with one attached hydrogen (secondary N) is 2. The third-order valence-corrected chi connectivity index (χ3v) is 1.79. The highest BCUT2D eigenvalue weighted by molar-refractivity contribution is 5.85. The van der Waals surface area contributed by atoms with Gasteiger partial charge in [0.1, 0.15) is 0 Å². The predicted molar refractivity (Wildman–Crippen MR) is 46.0 cm³/mol. The summed E-state index contributed by atoms with van der Waals surface area (Å²) < 4.78 is 0. The van der Waals surface area contributed by atoms with Crippen LogP contribution in [0.1, 0.15) is 26.2 Å². The zero-order chi connectivity index (χ0) is 6.69. The summed E-state index contributed by atoms with van der Waals surface area (Å²) in [4.78, 5) is 0. The van der Waals surface area contributed by atoms with Gasteiger partial charge in [0.05, 0.1) is 5.84 Å². The molecule has 0 amide bonds. The highest BCUT2D eigenvalue weighted by Gasteiger charge is 2.16. The van der Waals surface area contributed by atoms with E-state index < -0.39 is 0 Å². The van der Waals surface area contributed by atoms with E-state index in [1.54, 1.807) is 0 Å². The minimum Gasteiger partial charge on any atom is -0.374 e. The van der Waals surface area contributed by atoms with E-state index in [2.05, 4.69) is 12.2 Å². The molecule has 1 aliphatic rings. The smallest absolute Gasteiger partial charge is 0.0935 e. The van der Waals surface area contributed by atoms with Crippen LogP contribution < -0.4 is 5.32 Å². The Hall–Kier alpha value is -0.240. The minimum absolute atomic E-state index is 0. The van der Waals surface area contributed by atoms with E-state index >= 15 is 0 Å². The molecule has 0 aromatic rings. The molecular weight excluding hydrogens is 148 g/mol. The van der Waals surface area contributed by atoms with E-state index in [0.29, 0.717) is 0 Å². The molecule has 0 aromatic heterocycles. The minimum atomic E-state index is 0. The largest absolute Gasteiger partial charge is 0.374 e. The summed E-state index contributed by atoms with van der Waals surface area (Å²) in [5.41, 5.74) is 0. The second-order valence-corrected chi connectivity index (χ2v) is 2.72. The SMILES string of the molecule is CCCC1CNC(=N)C1.Cl. The van der Waals surface area contributed by atoms with Gasteiger partial charge >= 0.3 is 0 Å². The van der Waals surface area contributed by atoms with Crippen molar-refractivity contribution in [3.8, 4) is 0 Å². The van der Waals surface area contributed by atoms with Gasteiger partial charge in [-0.25, -0.2) is 0 Å². The van der Waals surface area contributed by atoms with Crippen molar-refractivity contribution in [2.24, 2.45) is 5.92 Å². The van der Waals surface area contributed by atoms with Gasteiger partial charge in [-0.3, -0.25) is 5.41 Å². The molecule has 1 fully saturated rings. The van der Waals surface area contributed by atoms with Gasteiger partial charge in [0, 0.05) is 13.0 Å². The first kappa shape index (κ1) is 9.76. The fourth-order valence-electron chi connectivity index (χ4n) is 1.31. The fourth-order valence-corrected chi connectivity index (χ4v) is 1.31.